The fourth-order valence-corrected chi connectivity index (χ4v) is 1.86. The maximum Gasteiger partial charge on any atom is 0.325 e. The minimum atomic E-state index is -1.04. The van der Waals surface area contributed by atoms with Crippen molar-refractivity contribution in [2.75, 3.05) is 0 Å². The lowest BCUT2D eigenvalue weighted by atomic mass is 10.2. The molecule has 0 aliphatic heterocycles. The summed E-state index contributed by atoms with van der Waals surface area (Å²) in [5.41, 5.74) is 0.765. The van der Waals surface area contributed by atoms with E-state index in [4.69, 9.17) is 16.7 Å². The van der Waals surface area contributed by atoms with Gasteiger partial charge in [-0.25, -0.2) is 4.68 Å². The zero-order valence-corrected chi connectivity index (χ0v) is 11.8. The third-order valence-electron chi connectivity index (χ3n) is 2.73. The molecule has 1 N–H and O–H groups in total. The Morgan fingerprint density at radius 3 is 2.68 bits per heavy atom. The first kappa shape index (κ1) is 14.1. The van der Waals surface area contributed by atoms with E-state index in [0.29, 0.717) is 16.7 Å². The van der Waals surface area contributed by atoms with E-state index < -0.39 is 5.97 Å². The molecule has 22 heavy (non-hydrogen) atoms. The topological polar surface area (TPSA) is 124 Å². The van der Waals surface area contributed by atoms with Crippen LogP contribution in [0.4, 0.5) is 0 Å². The summed E-state index contributed by atoms with van der Waals surface area (Å²) in [6.45, 7) is -0.220. The SMILES string of the molecule is O=C(O)Cn1nnnc1Cn1nnc(-c2ccc(Cl)cc2)n1. The highest BCUT2D eigenvalue weighted by Gasteiger charge is 2.12. The monoisotopic (exact) mass is 320 g/mol. The van der Waals surface area contributed by atoms with Crippen molar-refractivity contribution in [1.82, 2.24) is 40.4 Å². The van der Waals surface area contributed by atoms with Crippen LogP contribution in [0.2, 0.25) is 5.02 Å². The van der Waals surface area contributed by atoms with E-state index in [9.17, 15) is 4.79 Å². The zero-order chi connectivity index (χ0) is 15.5. The van der Waals surface area contributed by atoms with Crippen LogP contribution in [-0.4, -0.2) is 51.5 Å². The van der Waals surface area contributed by atoms with Crippen LogP contribution in [-0.2, 0) is 17.9 Å². The average Bonchev–Trinajstić information content (AvgIpc) is 3.10. The van der Waals surface area contributed by atoms with Gasteiger partial charge < -0.3 is 5.11 Å². The second kappa shape index (κ2) is 5.85. The van der Waals surface area contributed by atoms with Gasteiger partial charge in [-0.05, 0) is 39.9 Å². The number of aliphatic carboxylic acids is 1. The Morgan fingerprint density at radius 1 is 1.18 bits per heavy atom. The first-order valence-corrected chi connectivity index (χ1v) is 6.50. The molecule has 2 heterocycles. The van der Waals surface area contributed by atoms with Gasteiger partial charge in [0.25, 0.3) is 0 Å². The Morgan fingerprint density at radius 2 is 1.95 bits per heavy atom. The van der Waals surface area contributed by atoms with Crippen molar-refractivity contribution in [3.8, 4) is 11.4 Å². The minimum Gasteiger partial charge on any atom is -0.480 e. The van der Waals surface area contributed by atoms with Crippen molar-refractivity contribution >= 4 is 17.6 Å². The van der Waals surface area contributed by atoms with Crippen LogP contribution in [0.5, 0.6) is 0 Å². The molecule has 3 rings (SSSR count). The van der Waals surface area contributed by atoms with Gasteiger partial charge in [0.15, 0.2) is 5.82 Å². The highest BCUT2D eigenvalue weighted by atomic mass is 35.5. The summed E-state index contributed by atoms with van der Waals surface area (Å²) >= 11 is 5.82. The third kappa shape index (κ3) is 3.06. The molecule has 112 valence electrons. The first-order chi connectivity index (χ1) is 10.6. The molecular formula is C11H9ClN8O2. The number of carboxylic acid groups (broad SMARTS) is 1. The summed E-state index contributed by atoms with van der Waals surface area (Å²) in [5, 5.41) is 32.2. The summed E-state index contributed by atoms with van der Waals surface area (Å²) in [6, 6.07) is 7.01. The van der Waals surface area contributed by atoms with Gasteiger partial charge in [-0.1, -0.05) is 11.6 Å². The lowest BCUT2D eigenvalue weighted by Crippen LogP contribution is -2.16. The largest absolute Gasteiger partial charge is 0.480 e. The first-order valence-electron chi connectivity index (χ1n) is 6.12. The Balaban J connectivity index is 1.79. The molecule has 0 fully saturated rings. The van der Waals surface area contributed by atoms with Crippen LogP contribution >= 0.6 is 11.6 Å². The van der Waals surface area contributed by atoms with E-state index in [1.54, 1.807) is 24.3 Å². The molecule has 0 saturated heterocycles. The normalized spacial score (nSPS) is 10.8. The van der Waals surface area contributed by atoms with Gasteiger partial charge in [0.2, 0.25) is 5.82 Å². The molecule has 0 atom stereocenters. The van der Waals surface area contributed by atoms with Gasteiger partial charge in [-0.15, -0.1) is 15.3 Å². The number of hydrogen-bond donors (Lipinski definition) is 1. The molecule has 2 aromatic heterocycles. The molecule has 3 aromatic rings. The summed E-state index contributed by atoms with van der Waals surface area (Å²) in [6.07, 6.45) is 0. The predicted molar refractivity (Wildman–Crippen MR) is 72.8 cm³/mol. The number of halogens is 1. The molecule has 0 aliphatic carbocycles. The average molecular weight is 321 g/mol. The molecule has 0 aliphatic rings. The standard InChI is InChI=1S/C11H9ClN8O2/c12-8-3-1-7(2-4-8)11-14-17-20(15-11)5-9-13-16-18-19(9)6-10(21)22/h1-4H,5-6H2,(H,21,22). The molecule has 0 unspecified atom stereocenters. The molecule has 11 heteroatoms. The second-order valence-corrected chi connectivity index (χ2v) is 4.73. The van der Waals surface area contributed by atoms with Crippen LogP contribution < -0.4 is 0 Å². The van der Waals surface area contributed by atoms with E-state index in [-0.39, 0.29) is 13.1 Å². The van der Waals surface area contributed by atoms with Crippen molar-refractivity contribution in [1.29, 1.82) is 0 Å². The van der Waals surface area contributed by atoms with Crippen molar-refractivity contribution in [3.63, 3.8) is 0 Å². The highest BCUT2D eigenvalue weighted by molar-refractivity contribution is 6.30. The van der Waals surface area contributed by atoms with Crippen LogP contribution in [0, 0.1) is 0 Å². The zero-order valence-electron chi connectivity index (χ0n) is 11.0. The molecule has 0 amide bonds. The van der Waals surface area contributed by atoms with Crippen molar-refractivity contribution in [2.24, 2.45) is 0 Å². The van der Waals surface area contributed by atoms with Gasteiger partial charge >= 0.3 is 5.97 Å². The van der Waals surface area contributed by atoms with Gasteiger partial charge in [0, 0.05) is 10.6 Å². The summed E-state index contributed by atoms with van der Waals surface area (Å²) in [7, 11) is 0. The Kier molecular flexibility index (Phi) is 3.74. The predicted octanol–water partition coefficient (Wildman–Crippen LogP) is 0.113. The number of carbonyl (C=O) groups is 1. The Labute approximate surface area is 128 Å². The van der Waals surface area contributed by atoms with Crippen LogP contribution in [0.1, 0.15) is 5.82 Å². The fourth-order valence-electron chi connectivity index (χ4n) is 1.74. The van der Waals surface area contributed by atoms with Crippen LogP contribution in [0.15, 0.2) is 24.3 Å². The molecule has 1 aromatic carbocycles. The lowest BCUT2D eigenvalue weighted by molar-refractivity contribution is -0.138. The van der Waals surface area contributed by atoms with Gasteiger partial charge in [0.1, 0.15) is 13.1 Å². The molecular weight excluding hydrogens is 312 g/mol. The number of tetrazole rings is 2. The number of rotatable bonds is 5. The summed E-state index contributed by atoms with van der Waals surface area (Å²) in [5.74, 6) is -0.293. The molecule has 0 saturated carbocycles. The molecule has 0 spiro atoms. The smallest absolute Gasteiger partial charge is 0.325 e. The second-order valence-electron chi connectivity index (χ2n) is 4.30. The number of benzene rings is 1. The minimum absolute atomic E-state index is 0.112. The fraction of sp³-hybridized carbons (Fsp3) is 0.182. The van der Waals surface area contributed by atoms with Crippen molar-refractivity contribution in [3.05, 3.63) is 35.1 Å². The number of carboxylic acids is 1. The van der Waals surface area contributed by atoms with E-state index in [0.717, 1.165) is 10.2 Å². The number of nitrogens with zero attached hydrogens (tertiary/aromatic N) is 8. The van der Waals surface area contributed by atoms with E-state index in [2.05, 4.69) is 30.9 Å². The number of aromatic nitrogens is 8. The number of hydrogen-bond acceptors (Lipinski definition) is 7. The van der Waals surface area contributed by atoms with Gasteiger partial charge in [-0.2, -0.15) is 4.80 Å². The Bertz CT molecular complexity index is 797. The van der Waals surface area contributed by atoms with Gasteiger partial charge in [0.05, 0.1) is 0 Å². The van der Waals surface area contributed by atoms with Crippen molar-refractivity contribution in [2.45, 2.75) is 13.1 Å². The summed E-state index contributed by atoms with van der Waals surface area (Å²) < 4.78 is 1.16. The van der Waals surface area contributed by atoms with Crippen LogP contribution in [0.3, 0.4) is 0 Å². The maximum absolute atomic E-state index is 10.7. The highest BCUT2D eigenvalue weighted by Crippen LogP contribution is 2.17. The van der Waals surface area contributed by atoms with Crippen LogP contribution in [0.25, 0.3) is 11.4 Å². The van der Waals surface area contributed by atoms with Crippen molar-refractivity contribution < 1.29 is 9.90 Å². The quantitative estimate of drug-likeness (QED) is 0.702. The van der Waals surface area contributed by atoms with E-state index in [1.165, 1.54) is 4.80 Å². The molecule has 10 nitrogen and oxygen atoms in total. The summed E-state index contributed by atoms with van der Waals surface area (Å²) in [4.78, 5) is 12.0. The van der Waals surface area contributed by atoms with Gasteiger partial charge in [-0.3, -0.25) is 4.79 Å². The maximum atomic E-state index is 10.7. The Hall–Kier alpha value is -2.88. The third-order valence-corrected chi connectivity index (χ3v) is 2.98. The lowest BCUT2D eigenvalue weighted by Gasteiger charge is -1.99. The molecule has 0 bridgehead atoms. The molecule has 0 radical (unpaired) electrons. The van der Waals surface area contributed by atoms with E-state index in [1.807, 2.05) is 0 Å². The van der Waals surface area contributed by atoms with E-state index >= 15 is 0 Å².